The minimum Gasteiger partial charge on any atom is -0.354 e. The fraction of sp³-hybridized carbons (Fsp3) is 0.500. The number of nitrogens with one attached hydrogen (secondary N) is 1. The van der Waals surface area contributed by atoms with Gasteiger partial charge in [-0.05, 0) is 50.5 Å². The monoisotopic (exact) mass is 375 g/mol. The van der Waals surface area contributed by atoms with Gasteiger partial charge in [-0.15, -0.1) is 11.3 Å². The van der Waals surface area contributed by atoms with Crippen LogP contribution in [-0.2, 0) is 11.3 Å². The first-order valence-electron chi connectivity index (χ1n) is 9.00. The summed E-state index contributed by atoms with van der Waals surface area (Å²) in [7, 11) is 0. The third-order valence-corrected chi connectivity index (χ3v) is 5.48. The van der Waals surface area contributed by atoms with Gasteiger partial charge in [0.15, 0.2) is 0 Å². The Labute approximate surface area is 156 Å². The maximum Gasteiger partial charge on any atom is 0.291 e. The summed E-state index contributed by atoms with van der Waals surface area (Å²) in [4.78, 5) is 27.2. The first-order valence-corrected chi connectivity index (χ1v) is 9.88. The number of hydrogen-bond acceptors (Lipinski definition) is 5. The van der Waals surface area contributed by atoms with Crippen LogP contribution in [0, 0.1) is 6.92 Å². The fourth-order valence-electron chi connectivity index (χ4n) is 3.20. The van der Waals surface area contributed by atoms with E-state index >= 15 is 0 Å². The zero-order valence-electron chi connectivity index (χ0n) is 15.5. The summed E-state index contributed by atoms with van der Waals surface area (Å²) in [6.45, 7) is 9.64. The summed E-state index contributed by atoms with van der Waals surface area (Å²) >= 11 is 1.59. The van der Waals surface area contributed by atoms with Crippen LogP contribution >= 0.6 is 11.3 Å². The molecule has 1 amide bonds. The first kappa shape index (κ1) is 18.6. The number of aryl methyl sites for hydroxylation is 1. The van der Waals surface area contributed by atoms with Gasteiger partial charge in [0.2, 0.25) is 5.91 Å². The molecule has 0 saturated heterocycles. The van der Waals surface area contributed by atoms with Crippen LogP contribution in [0.5, 0.6) is 0 Å². The van der Waals surface area contributed by atoms with Gasteiger partial charge in [0, 0.05) is 6.54 Å². The van der Waals surface area contributed by atoms with Crippen molar-refractivity contribution in [1.29, 1.82) is 0 Å². The molecule has 3 aromatic heterocycles. The van der Waals surface area contributed by atoms with Crippen LogP contribution in [0.1, 0.15) is 26.1 Å². The van der Waals surface area contributed by atoms with Gasteiger partial charge in [-0.25, -0.2) is 4.68 Å². The van der Waals surface area contributed by atoms with Crippen LogP contribution in [0.2, 0.25) is 0 Å². The van der Waals surface area contributed by atoms with E-state index in [0.29, 0.717) is 17.9 Å². The zero-order chi connectivity index (χ0) is 18.7. The molecule has 0 atom stereocenters. The molecule has 140 valence electrons. The molecule has 7 nitrogen and oxygen atoms in total. The van der Waals surface area contributed by atoms with E-state index in [4.69, 9.17) is 0 Å². The highest BCUT2D eigenvalue weighted by Crippen LogP contribution is 2.24. The Bertz CT molecular complexity index is 967. The van der Waals surface area contributed by atoms with Crippen LogP contribution in [0.4, 0.5) is 0 Å². The molecule has 0 radical (unpaired) electrons. The molecule has 0 aliphatic heterocycles. The molecule has 0 spiro atoms. The van der Waals surface area contributed by atoms with Gasteiger partial charge < -0.3 is 10.2 Å². The second-order valence-electron chi connectivity index (χ2n) is 6.28. The molecule has 26 heavy (non-hydrogen) atoms. The van der Waals surface area contributed by atoms with Gasteiger partial charge in [-0.3, -0.25) is 14.0 Å². The minimum atomic E-state index is -0.239. The predicted octanol–water partition coefficient (Wildman–Crippen LogP) is 1.87. The lowest BCUT2D eigenvalue weighted by Crippen LogP contribution is -2.36. The first-order chi connectivity index (χ1) is 12.5. The molecule has 3 heterocycles. The molecule has 0 unspecified atom stereocenters. The molecule has 8 heteroatoms. The van der Waals surface area contributed by atoms with Crippen molar-refractivity contribution in [2.45, 2.75) is 33.7 Å². The van der Waals surface area contributed by atoms with Crippen molar-refractivity contribution in [3.8, 4) is 0 Å². The summed E-state index contributed by atoms with van der Waals surface area (Å²) in [5, 5.41) is 9.20. The summed E-state index contributed by atoms with van der Waals surface area (Å²) in [6, 6.07) is 3.85. The SMILES string of the molecule is CCN(CC)CCCNC(=O)Cn1nc(C)n2c(cc3sccc32)c1=O. The smallest absolute Gasteiger partial charge is 0.291 e. The third-order valence-electron chi connectivity index (χ3n) is 4.63. The Balaban J connectivity index is 1.68. The van der Waals surface area contributed by atoms with Crippen LogP contribution < -0.4 is 10.9 Å². The maximum absolute atomic E-state index is 12.7. The van der Waals surface area contributed by atoms with Crippen molar-refractivity contribution in [2.75, 3.05) is 26.2 Å². The van der Waals surface area contributed by atoms with Crippen molar-refractivity contribution in [3.63, 3.8) is 0 Å². The largest absolute Gasteiger partial charge is 0.354 e. The van der Waals surface area contributed by atoms with Gasteiger partial charge in [0.05, 0.1) is 10.2 Å². The molecule has 0 fully saturated rings. The predicted molar refractivity (Wildman–Crippen MR) is 105 cm³/mol. The van der Waals surface area contributed by atoms with Crippen LogP contribution in [0.15, 0.2) is 22.3 Å². The average Bonchev–Trinajstić information content (AvgIpc) is 3.20. The number of thiophene rings is 1. The number of amides is 1. The van der Waals surface area contributed by atoms with Crippen molar-refractivity contribution in [3.05, 3.63) is 33.7 Å². The van der Waals surface area contributed by atoms with E-state index in [1.165, 1.54) is 4.68 Å². The van der Waals surface area contributed by atoms with Crippen molar-refractivity contribution in [2.24, 2.45) is 0 Å². The minimum absolute atomic E-state index is 0.0553. The standard InChI is InChI=1S/C18H25N5O2S/c1-4-21(5-2)9-6-8-19-17(24)12-22-18(25)15-11-16-14(7-10-26-16)23(15)13(3)20-22/h7,10-11H,4-6,8-9,12H2,1-3H3,(H,19,24). The van der Waals surface area contributed by atoms with Gasteiger partial charge in [0.25, 0.3) is 5.56 Å². The van der Waals surface area contributed by atoms with Gasteiger partial charge in [-0.2, -0.15) is 5.10 Å². The number of carbonyl (C=O) groups is 1. The molecule has 3 rings (SSSR count). The molecule has 0 saturated carbocycles. The lowest BCUT2D eigenvalue weighted by atomic mass is 10.3. The van der Waals surface area contributed by atoms with E-state index in [2.05, 4.69) is 29.2 Å². The zero-order valence-corrected chi connectivity index (χ0v) is 16.3. The van der Waals surface area contributed by atoms with Crippen molar-refractivity contribution < 1.29 is 4.79 Å². The van der Waals surface area contributed by atoms with E-state index in [1.807, 2.05) is 28.8 Å². The van der Waals surface area contributed by atoms with Gasteiger partial charge >= 0.3 is 0 Å². The van der Waals surface area contributed by atoms with Gasteiger partial charge in [-0.1, -0.05) is 13.8 Å². The number of hydrogen-bond donors (Lipinski definition) is 1. The normalized spacial score (nSPS) is 11.7. The fourth-order valence-corrected chi connectivity index (χ4v) is 4.00. The Hall–Kier alpha value is -2.19. The Morgan fingerprint density at radius 3 is 2.81 bits per heavy atom. The summed E-state index contributed by atoms with van der Waals surface area (Å²) in [6.07, 6.45) is 0.892. The Kier molecular flexibility index (Phi) is 5.73. The highest BCUT2D eigenvalue weighted by molar-refractivity contribution is 7.17. The molecule has 1 N–H and O–H groups in total. The second-order valence-corrected chi connectivity index (χ2v) is 7.22. The van der Waals surface area contributed by atoms with E-state index in [0.717, 1.165) is 36.3 Å². The molecule has 3 aromatic rings. The summed E-state index contributed by atoms with van der Waals surface area (Å²) < 4.78 is 4.16. The number of aromatic nitrogens is 3. The molecule has 0 bridgehead atoms. The molecule has 0 aliphatic rings. The number of fused-ring (bicyclic) bond motifs is 3. The Morgan fingerprint density at radius 1 is 1.31 bits per heavy atom. The quantitative estimate of drug-likeness (QED) is 0.610. The lowest BCUT2D eigenvalue weighted by Gasteiger charge is -2.17. The number of nitrogens with zero attached hydrogens (tertiary/aromatic N) is 4. The Morgan fingerprint density at radius 2 is 2.08 bits per heavy atom. The number of rotatable bonds is 8. The molecule has 0 aromatic carbocycles. The highest BCUT2D eigenvalue weighted by Gasteiger charge is 2.14. The topological polar surface area (TPSA) is 71.6 Å². The second kappa shape index (κ2) is 8.01. The lowest BCUT2D eigenvalue weighted by molar-refractivity contribution is -0.121. The molecular formula is C18H25N5O2S. The van der Waals surface area contributed by atoms with E-state index in [-0.39, 0.29) is 18.0 Å². The third kappa shape index (κ3) is 3.66. The van der Waals surface area contributed by atoms with Crippen LogP contribution in [0.3, 0.4) is 0 Å². The summed E-state index contributed by atoms with van der Waals surface area (Å²) in [5.41, 5.74) is 1.31. The maximum atomic E-state index is 12.7. The van der Waals surface area contributed by atoms with E-state index in [1.54, 1.807) is 11.3 Å². The van der Waals surface area contributed by atoms with Crippen molar-refractivity contribution >= 4 is 33.0 Å². The van der Waals surface area contributed by atoms with Crippen LogP contribution in [0.25, 0.3) is 15.7 Å². The number of carbonyl (C=O) groups excluding carboxylic acids is 1. The van der Waals surface area contributed by atoms with Crippen LogP contribution in [-0.4, -0.2) is 51.2 Å². The molecule has 0 aliphatic carbocycles. The molecular weight excluding hydrogens is 350 g/mol. The van der Waals surface area contributed by atoms with E-state index in [9.17, 15) is 9.59 Å². The van der Waals surface area contributed by atoms with E-state index < -0.39 is 0 Å². The highest BCUT2D eigenvalue weighted by atomic mass is 32.1. The van der Waals surface area contributed by atoms with Crippen molar-refractivity contribution in [1.82, 2.24) is 24.4 Å². The summed E-state index contributed by atoms with van der Waals surface area (Å²) in [5.74, 6) is 0.513. The van der Waals surface area contributed by atoms with Gasteiger partial charge in [0.1, 0.15) is 17.9 Å². The average molecular weight is 375 g/mol.